The number of aromatic nitrogens is 3. The molecular weight excluding hydrogens is 268 g/mol. The molecule has 1 fully saturated rings. The number of rotatable bonds is 2. The number of nitrogens with zero attached hydrogens (tertiary/aromatic N) is 3. The van der Waals surface area contributed by atoms with Gasteiger partial charge in [0.15, 0.2) is 5.65 Å². The third kappa shape index (κ3) is 1.94. The van der Waals surface area contributed by atoms with Gasteiger partial charge in [0, 0.05) is 12.1 Å². The highest BCUT2D eigenvalue weighted by molar-refractivity contribution is 7.12. The zero-order valence-corrected chi connectivity index (χ0v) is 11.9. The van der Waals surface area contributed by atoms with Crippen LogP contribution < -0.4 is 5.32 Å². The zero-order chi connectivity index (χ0) is 13.4. The summed E-state index contributed by atoms with van der Waals surface area (Å²) in [7, 11) is 0. The number of hydrogen-bond donors (Lipinski definition) is 1. The Bertz CT molecular complexity index is 711. The molecule has 1 aliphatic rings. The lowest BCUT2D eigenvalue weighted by molar-refractivity contribution is 0.443. The lowest BCUT2D eigenvalue weighted by atomic mass is 9.97. The number of thiophene rings is 1. The lowest BCUT2D eigenvalue weighted by Gasteiger charge is -2.22. The number of imidazole rings is 1. The van der Waals surface area contributed by atoms with Crippen LogP contribution in [0.15, 0.2) is 35.8 Å². The third-order valence-corrected chi connectivity index (χ3v) is 4.73. The van der Waals surface area contributed by atoms with Gasteiger partial charge in [0.25, 0.3) is 0 Å². The highest BCUT2D eigenvalue weighted by Gasteiger charge is 2.23. The monoisotopic (exact) mass is 284 g/mol. The van der Waals surface area contributed by atoms with E-state index < -0.39 is 0 Å². The minimum absolute atomic E-state index is 0.521. The van der Waals surface area contributed by atoms with Crippen LogP contribution in [0.5, 0.6) is 0 Å². The first kappa shape index (κ1) is 12.1. The van der Waals surface area contributed by atoms with Gasteiger partial charge in [-0.25, -0.2) is 9.97 Å². The van der Waals surface area contributed by atoms with E-state index in [1.165, 1.54) is 10.8 Å². The van der Waals surface area contributed by atoms with Crippen molar-refractivity contribution in [3.8, 4) is 5.00 Å². The van der Waals surface area contributed by atoms with E-state index in [0.717, 1.165) is 37.1 Å². The molecule has 0 bridgehead atoms. The molecule has 3 aromatic heterocycles. The molecule has 1 aliphatic heterocycles. The Morgan fingerprint density at radius 2 is 2.10 bits per heavy atom. The first-order chi connectivity index (χ1) is 9.93. The standard InChI is InChI=1S/C15H16N4S/c1-3-12-15(17-7-1)19(13-4-2-10-20-13)14(18-12)11-5-8-16-9-6-11/h1-4,7,10-11,16H,5-6,8-9H2. The summed E-state index contributed by atoms with van der Waals surface area (Å²) >= 11 is 1.74. The highest BCUT2D eigenvalue weighted by Crippen LogP contribution is 2.31. The Hall–Kier alpha value is -1.72. The van der Waals surface area contributed by atoms with Gasteiger partial charge < -0.3 is 5.32 Å². The van der Waals surface area contributed by atoms with Gasteiger partial charge in [-0.3, -0.25) is 4.57 Å². The van der Waals surface area contributed by atoms with Crippen molar-refractivity contribution in [1.29, 1.82) is 0 Å². The molecule has 5 heteroatoms. The molecule has 4 rings (SSSR count). The van der Waals surface area contributed by atoms with Crippen molar-refractivity contribution in [3.05, 3.63) is 41.7 Å². The highest BCUT2D eigenvalue weighted by atomic mass is 32.1. The molecule has 0 unspecified atom stereocenters. The quantitative estimate of drug-likeness (QED) is 0.787. The van der Waals surface area contributed by atoms with Crippen LogP contribution in [-0.4, -0.2) is 27.6 Å². The predicted octanol–water partition coefficient (Wildman–Crippen LogP) is 2.95. The summed E-state index contributed by atoms with van der Waals surface area (Å²) < 4.78 is 2.25. The Morgan fingerprint density at radius 1 is 1.20 bits per heavy atom. The number of piperidine rings is 1. The molecule has 0 radical (unpaired) electrons. The van der Waals surface area contributed by atoms with Crippen molar-refractivity contribution >= 4 is 22.5 Å². The lowest BCUT2D eigenvalue weighted by Crippen LogP contribution is -2.27. The largest absolute Gasteiger partial charge is 0.317 e. The number of pyridine rings is 1. The third-order valence-electron chi connectivity index (χ3n) is 3.87. The van der Waals surface area contributed by atoms with Gasteiger partial charge in [0.05, 0.1) is 0 Å². The fraction of sp³-hybridized carbons (Fsp3) is 0.333. The van der Waals surface area contributed by atoms with Crippen molar-refractivity contribution in [2.45, 2.75) is 18.8 Å². The molecule has 0 saturated carbocycles. The van der Waals surface area contributed by atoms with E-state index in [4.69, 9.17) is 4.98 Å². The Balaban J connectivity index is 1.92. The summed E-state index contributed by atoms with van der Waals surface area (Å²) in [5, 5.41) is 6.74. The van der Waals surface area contributed by atoms with Crippen LogP contribution in [0.4, 0.5) is 0 Å². The second-order valence-electron chi connectivity index (χ2n) is 5.13. The Kier molecular flexibility index (Phi) is 3.01. The van der Waals surface area contributed by atoms with Crippen molar-refractivity contribution in [3.63, 3.8) is 0 Å². The Morgan fingerprint density at radius 3 is 2.90 bits per heavy atom. The fourth-order valence-corrected chi connectivity index (χ4v) is 3.64. The summed E-state index contributed by atoms with van der Waals surface area (Å²) in [6.07, 6.45) is 4.14. The molecule has 1 saturated heterocycles. The first-order valence-corrected chi connectivity index (χ1v) is 7.89. The number of nitrogens with one attached hydrogen (secondary N) is 1. The molecule has 0 atom stereocenters. The first-order valence-electron chi connectivity index (χ1n) is 7.01. The van der Waals surface area contributed by atoms with Crippen molar-refractivity contribution < 1.29 is 0 Å². The molecule has 4 heterocycles. The molecule has 102 valence electrons. The second kappa shape index (κ2) is 5.00. The van der Waals surface area contributed by atoms with Crippen LogP contribution in [0, 0.1) is 0 Å². The van der Waals surface area contributed by atoms with Crippen LogP contribution >= 0.6 is 11.3 Å². The van der Waals surface area contributed by atoms with Crippen LogP contribution in [0.1, 0.15) is 24.6 Å². The van der Waals surface area contributed by atoms with Crippen LogP contribution in [0.2, 0.25) is 0 Å². The van der Waals surface area contributed by atoms with E-state index in [0.29, 0.717) is 5.92 Å². The van der Waals surface area contributed by atoms with Gasteiger partial charge in [-0.05, 0) is 55.6 Å². The minimum atomic E-state index is 0.521. The van der Waals surface area contributed by atoms with Crippen LogP contribution in [0.25, 0.3) is 16.2 Å². The molecule has 0 amide bonds. The summed E-state index contributed by atoms with van der Waals surface area (Å²) in [5.41, 5.74) is 1.97. The summed E-state index contributed by atoms with van der Waals surface area (Å²) in [4.78, 5) is 9.42. The van der Waals surface area contributed by atoms with E-state index in [2.05, 4.69) is 38.4 Å². The van der Waals surface area contributed by atoms with Crippen molar-refractivity contribution in [1.82, 2.24) is 19.9 Å². The van der Waals surface area contributed by atoms with Gasteiger partial charge in [-0.2, -0.15) is 0 Å². The molecule has 0 aliphatic carbocycles. The molecule has 20 heavy (non-hydrogen) atoms. The maximum absolute atomic E-state index is 4.87. The van der Waals surface area contributed by atoms with Crippen molar-refractivity contribution in [2.75, 3.05) is 13.1 Å². The average molecular weight is 284 g/mol. The van der Waals surface area contributed by atoms with Crippen LogP contribution in [0.3, 0.4) is 0 Å². The minimum Gasteiger partial charge on any atom is -0.317 e. The SMILES string of the molecule is c1csc(-n2c(C3CCNCC3)nc3cccnc32)c1. The summed E-state index contributed by atoms with van der Waals surface area (Å²) in [6, 6.07) is 8.24. The molecule has 0 aromatic carbocycles. The van der Waals surface area contributed by atoms with Gasteiger partial charge in [-0.15, -0.1) is 11.3 Å². The summed E-state index contributed by atoms with van der Waals surface area (Å²) in [6.45, 7) is 2.15. The van der Waals surface area contributed by atoms with Gasteiger partial charge >= 0.3 is 0 Å². The molecule has 0 spiro atoms. The molecule has 4 nitrogen and oxygen atoms in total. The van der Waals surface area contributed by atoms with E-state index >= 15 is 0 Å². The zero-order valence-electron chi connectivity index (χ0n) is 11.1. The predicted molar refractivity (Wildman–Crippen MR) is 81.6 cm³/mol. The Labute approximate surface area is 121 Å². The van der Waals surface area contributed by atoms with Crippen LogP contribution in [-0.2, 0) is 0 Å². The van der Waals surface area contributed by atoms with E-state index in [-0.39, 0.29) is 0 Å². The van der Waals surface area contributed by atoms with Gasteiger partial charge in [0.1, 0.15) is 16.3 Å². The van der Waals surface area contributed by atoms with Crippen molar-refractivity contribution in [2.24, 2.45) is 0 Å². The number of hydrogen-bond acceptors (Lipinski definition) is 4. The average Bonchev–Trinajstić information content (AvgIpc) is 3.14. The van der Waals surface area contributed by atoms with Gasteiger partial charge in [0.2, 0.25) is 0 Å². The summed E-state index contributed by atoms with van der Waals surface area (Å²) in [5.74, 6) is 1.69. The van der Waals surface area contributed by atoms with E-state index in [1.54, 1.807) is 11.3 Å². The number of fused-ring (bicyclic) bond motifs is 1. The maximum atomic E-state index is 4.87. The van der Waals surface area contributed by atoms with Gasteiger partial charge in [-0.1, -0.05) is 0 Å². The fourth-order valence-electron chi connectivity index (χ4n) is 2.90. The smallest absolute Gasteiger partial charge is 0.165 e. The second-order valence-corrected chi connectivity index (χ2v) is 6.05. The normalized spacial score (nSPS) is 16.8. The van der Waals surface area contributed by atoms with E-state index in [1.807, 2.05) is 12.3 Å². The molecule has 3 aromatic rings. The topological polar surface area (TPSA) is 42.7 Å². The molecular formula is C15H16N4S. The maximum Gasteiger partial charge on any atom is 0.165 e. The molecule has 1 N–H and O–H groups in total. The van der Waals surface area contributed by atoms with E-state index in [9.17, 15) is 0 Å².